The molecule has 2 heterocycles. The van der Waals surface area contributed by atoms with E-state index in [2.05, 4.69) is 20.6 Å². The summed E-state index contributed by atoms with van der Waals surface area (Å²) in [4.78, 5) is 12.0. The van der Waals surface area contributed by atoms with Crippen LogP contribution in [0.25, 0.3) is 5.69 Å². The van der Waals surface area contributed by atoms with E-state index in [9.17, 15) is 9.18 Å². The molecule has 3 aromatic rings. The normalized spacial score (nSPS) is 14.8. The van der Waals surface area contributed by atoms with Crippen LogP contribution in [0.1, 0.15) is 16.8 Å². The van der Waals surface area contributed by atoms with E-state index in [1.807, 2.05) is 12.1 Å². The van der Waals surface area contributed by atoms with E-state index >= 15 is 0 Å². The summed E-state index contributed by atoms with van der Waals surface area (Å²) >= 11 is 6.40. The standard InChI is InChI=1S/C19H13ClFN5O/c1-11-15(18(20)26(25-11)13-8-6-12(21)7-9-13)10-22-24-17-14-4-2-3-5-16(14)23-19(17)27/h2-10H,1H3,(H,23,24,27). The summed E-state index contributed by atoms with van der Waals surface area (Å²) in [6.07, 6.45) is 1.45. The van der Waals surface area contributed by atoms with Crippen LogP contribution >= 0.6 is 11.6 Å². The number of hydrogen-bond donors (Lipinski definition) is 1. The summed E-state index contributed by atoms with van der Waals surface area (Å²) in [5, 5.41) is 15.5. The zero-order valence-corrected chi connectivity index (χ0v) is 14.9. The van der Waals surface area contributed by atoms with Gasteiger partial charge in [0.25, 0.3) is 5.91 Å². The average molecular weight is 382 g/mol. The molecule has 1 aliphatic heterocycles. The molecular formula is C19H13ClFN5O. The Morgan fingerprint density at radius 2 is 1.93 bits per heavy atom. The summed E-state index contributed by atoms with van der Waals surface area (Å²) < 4.78 is 14.6. The highest BCUT2D eigenvalue weighted by atomic mass is 35.5. The Bertz CT molecular complexity index is 1100. The van der Waals surface area contributed by atoms with Crippen LogP contribution in [0.5, 0.6) is 0 Å². The molecule has 1 aromatic heterocycles. The Morgan fingerprint density at radius 3 is 2.70 bits per heavy atom. The van der Waals surface area contributed by atoms with Crippen molar-refractivity contribution in [3.8, 4) is 5.69 Å². The molecule has 1 amide bonds. The molecular weight excluding hydrogens is 369 g/mol. The molecule has 0 bridgehead atoms. The van der Waals surface area contributed by atoms with Gasteiger partial charge in [0, 0.05) is 5.56 Å². The molecule has 1 aliphatic rings. The molecule has 0 unspecified atom stereocenters. The van der Waals surface area contributed by atoms with Gasteiger partial charge < -0.3 is 5.32 Å². The fraction of sp³-hybridized carbons (Fsp3) is 0.0526. The summed E-state index contributed by atoms with van der Waals surface area (Å²) in [5.41, 5.74) is 3.46. The van der Waals surface area contributed by atoms with E-state index in [0.717, 1.165) is 0 Å². The van der Waals surface area contributed by atoms with Crippen LogP contribution in [0.3, 0.4) is 0 Å². The Hall–Kier alpha value is -3.32. The number of anilines is 1. The maximum absolute atomic E-state index is 13.1. The zero-order valence-electron chi connectivity index (χ0n) is 14.1. The predicted molar refractivity (Wildman–Crippen MR) is 102 cm³/mol. The molecule has 0 radical (unpaired) electrons. The van der Waals surface area contributed by atoms with Crippen molar-refractivity contribution in [1.82, 2.24) is 9.78 Å². The first-order chi connectivity index (χ1) is 13.0. The quantitative estimate of drug-likeness (QED) is 0.554. The Morgan fingerprint density at radius 1 is 1.19 bits per heavy atom. The molecule has 27 heavy (non-hydrogen) atoms. The van der Waals surface area contributed by atoms with Crippen LogP contribution in [0, 0.1) is 12.7 Å². The van der Waals surface area contributed by atoms with Gasteiger partial charge in [-0.05, 0) is 37.3 Å². The fourth-order valence-corrected chi connectivity index (χ4v) is 3.08. The highest BCUT2D eigenvalue weighted by Crippen LogP contribution is 2.24. The van der Waals surface area contributed by atoms with Crippen molar-refractivity contribution < 1.29 is 9.18 Å². The molecule has 0 spiro atoms. The number of para-hydroxylation sites is 1. The number of halogens is 2. The monoisotopic (exact) mass is 381 g/mol. The van der Waals surface area contributed by atoms with Crippen LogP contribution in [-0.2, 0) is 4.79 Å². The molecule has 2 aromatic carbocycles. The number of aromatic nitrogens is 2. The molecule has 0 atom stereocenters. The van der Waals surface area contributed by atoms with Gasteiger partial charge in [-0.3, -0.25) is 4.79 Å². The van der Waals surface area contributed by atoms with Crippen molar-refractivity contribution in [2.24, 2.45) is 10.2 Å². The number of hydrogen-bond acceptors (Lipinski definition) is 4. The van der Waals surface area contributed by atoms with E-state index in [4.69, 9.17) is 11.6 Å². The van der Waals surface area contributed by atoms with E-state index < -0.39 is 0 Å². The fourth-order valence-electron chi connectivity index (χ4n) is 2.76. The first kappa shape index (κ1) is 17.1. The summed E-state index contributed by atoms with van der Waals surface area (Å²) in [6.45, 7) is 1.78. The SMILES string of the molecule is Cc1nn(-c2ccc(F)cc2)c(Cl)c1C=NN=C1C(=O)Nc2ccccc21. The Kier molecular flexibility index (Phi) is 4.29. The third-order valence-corrected chi connectivity index (χ3v) is 4.47. The van der Waals surface area contributed by atoms with Gasteiger partial charge in [-0.25, -0.2) is 9.07 Å². The maximum atomic E-state index is 13.1. The van der Waals surface area contributed by atoms with Crippen molar-refractivity contribution in [2.45, 2.75) is 6.92 Å². The molecule has 0 aliphatic carbocycles. The number of rotatable bonds is 3. The van der Waals surface area contributed by atoms with Crippen LogP contribution in [0.2, 0.25) is 5.15 Å². The maximum Gasteiger partial charge on any atom is 0.276 e. The number of aryl methyl sites for hydroxylation is 1. The first-order valence-electron chi connectivity index (χ1n) is 8.07. The van der Waals surface area contributed by atoms with Gasteiger partial charge in [0.2, 0.25) is 0 Å². The van der Waals surface area contributed by atoms with Gasteiger partial charge in [-0.15, -0.1) is 5.10 Å². The van der Waals surface area contributed by atoms with E-state index in [1.54, 1.807) is 31.2 Å². The molecule has 0 saturated carbocycles. The van der Waals surface area contributed by atoms with Crippen molar-refractivity contribution in [3.05, 3.63) is 76.3 Å². The third kappa shape index (κ3) is 3.13. The van der Waals surface area contributed by atoms with Crippen molar-refractivity contribution in [1.29, 1.82) is 0 Å². The zero-order chi connectivity index (χ0) is 19.0. The lowest BCUT2D eigenvalue weighted by Gasteiger charge is -2.02. The van der Waals surface area contributed by atoms with Crippen LogP contribution in [0.15, 0.2) is 58.7 Å². The summed E-state index contributed by atoms with van der Waals surface area (Å²) in [5.74, 6) is -0.648. The second-order valence-corrected chi connectivity index (χ2v) is 6.23. The number of nitrogens with zero attached hydrogens (tertiary/aromatic N) is 4. The molecule has 6 nitrogen and oxygen atoms in total. The van der Waals surface area contributed by atoms with E-state index in [0.29, 0.717) is 33.3 Å². The molecule has 0 fully saturated rings. The number of carbonyl (C=O) groups excluding carboxylic acids is 1. The third-order valence-electron chi connectivity index (χ3n) is 4.11. The lowest BCUT2D eigenvalue weighted by atomic mass is 10.1. The minimum Gasteiger partial charge on any atom is -0.320 e. The van der Waals surface area contributed by atoms with Gasteiger partial charge in [-0.1, -0.05) is 29.8 Å². The van der Waals surface area contributed by atoms with Crippen molar-refractivity contribution in [3.63, 3.8) is 0 Å². The van der Waals surface area contributed by atoms with Gasteiger partial charge in [-0.2, -0.15) is 10.2 Å². The Balaban J connectivity index is 1.66. The number of nitrogens with one attached hydrogen (secondary N) is 1. The highest BCUT2D eigenvalue weighted by molar-refractivity contribution is 6.53. The predicted octanol–water partition coefficient (Wildman–Crippen LogP) is 3.75. The highest BCUT2D eigenvalue weighted by Gasteiger charge is 2.25. The van der Waals surface area contributed by atoms with E-state index in [-0.39, 0.29) is 17.4 Å². The van der Waals surface area contributed by atoms with Gasteiger partial charge in [0.05, 0.1) is 28.8 Å². The topological polar surface area (TPSA) is 71.6 Å². The summed E-state index contributed by atoms with van der Waals surface area (Å²) in [7, 11) is 0. The minimum atomic E-state index is -0.341. The number of amides is 1. The first-order valence-corrected chi connectivity index (χ1v) is 8.45. The second-order valence-electron chi connectivity index (χ2n) is 5.87. The van der Waals surface area contributed by atoms with Gasteiger partial charge in [0.1, 0.15) is 11.0 Å². The van der Waals surface area contributed by atoms with Crippen LogP contribution in [-0.4, -0.2) is 27.6 Å². The molecule has 134 valence electrons. The molecule has 0 saturated heterocycles. The van der Waals surface area contributed by atoms with Crippen LogP contribution < -0.4 is 5.32 Å². The van der Waals surface area contributed by atoms with Crippen molar-refractivity contribution in [2.75, 3.05) is 5.32 Å². The van der Waals surface area contributed by atoms with E-state index in [1.165, 1.54) is 23.0 Å². The average Bonchev–Trinajstić information content (AvgIpc) is 3.13. The number of carbonyl (C=O) groups is 1. The molecule has 8 heteroatoms. The number of benzene rings is 2. The second kappa shape index (κ2) is 6.77. The minimum absolute atomic E-state index is 0.238. The Labute approximate surface area is 159 Å². The number of fused-ring (bicyclic) bond motifs is 1. The molecule has 4 rings (SSSR count). The van der Waals surface area contributed by atoms with Crippen molar-refractivity contribution >= 4 is 35.1 Å². The van der Waals surface area contributed by atoms with Gasteiger partial charge >= 0.3 is 0 Å². The lowest BCUT2D eigenvalue weighted by Crippen LogP contribution is -2.13. The van der Waals surface area contributed by atoms with Crippen LogP contribution in [0.4, 0.5) is 10.1 Å². The van der Waals surface area contributed by atoms with Gasteiger partial charge in [0.15, 0.2) is 5.71 Å². The summed E-state index contributed by atoms with van der Waals surface area (Å²) in [6, 6.07) is 13.1. The molecule has 1 N–H and O–H groups in total. The largest absolute Gasteiger partial charge is 0.320 e. The smallest absolute Gasteiger partial charge is 0.276 e. The lowest BCUT2D eigenvalue weighted by molar-refractivity contribution is -0.110.